The second-order valence-corrected chi connectivity index (χ2v) is 4.29. The van der Waals surface area contributed by atoms with Crippen molar-refractivity contribution in [3.05, 3.63) is 0 Å². The van der Waals surface area contributed by atoms with Gasteiger partial charge in [0.1, 0.15) is 0 Å². The Morgan fingerprint density at radius 1 is 1.45 bits per heavy atom. The van der Waals surface area contributed by atoms with E-state index in [9.17, 15) is 4.79 Å². The van der Waals surface area contributed by atoms with Crippen LogP contribution in [0.3, 0.4) is 0 Å². The highest BCUT2D eigenvalue weighted by molar-refractivity contribution is 7.99. The summed E-state index contributed by atoms with van der Waals surface area (Å²) < 4.78 is 0. The number of hydrogen-bond acceptors (Lipinski definition) is 2. The molecule has 0 aromatic rings. The Labute approximate surface area is 71.9 Å². The summed E-state index contributed by atoms with van der Waals surface area (Å²) in [6.45, 7) is 0. The minimum atomic E-state index is -0.150. The van der Waals surface area contributed by atoms with Crippen LogP contribution in [0.1, 0.15) is 25.7 Å². The van der Waals surface area contributed by atoms with Gasteiger partial charge in [-0.1, -0.05) is 0 Å². The van der Waals surface area contributed by atoms with Gasteiger partial charge in [-0.25, -0.2) is 0 Å². The van der Waals surface area contributed by atoms with Crippen LogP contribution < -0.4 is 5.73 Å². The summed E-state index contributed by atoms with van der Waals surface area (Å²) >= 11 is 2.02. The second-order valence-electron chi connectivity index (χ2n) is 3.06. The number of rotatable bonds is 3. The molecule has 2 nitrogen and oxygen atoms in total. The van der Waals surface area contributed by atoms with Crippen molar-refractivity contribution in [1.29, 1.82) is 0 Å². The first-order valence-corrected chi connectivity index (χ1v) is 5.30. The largest absolute Gasteiger partial charge is 0.370 e. The SMILES string of the molecule is NC(=O)CCC1CCSCC1. The summed E-state index contributed by atoms with van der Waals surface area (Å²) in [6.07, 6.45) is 4.14. The van der Waals surface area contributed by atoms with E-state index in [1.165, 1.54) is 24.3 Å². The van der Waals surface area contributed by atoms with Crippen LogP contribution in [0.25, 0.3) is 0 Å². The van der Waals surface area contributed by atoms with Crippen LogP contribution in [-0.4, -0.2) is 17.4 Å². The average Bonchev–Trinajstić information content (AvgIpc) is 2.03. The molecule has 0 atom stereocenters. The fraction of sp³-hybridized carbons (Fsp3) is 0.875. The lowest BCUT2D eigenvalue weighted by molar-refractivity contribution is -0.118. The first-order chi connectivity index (χ1) is 5.29. The van der Waals surface area contributed by atoms with Crippen LogP contribution in [0.4, 0.5) is 0 Å². The quantitative estimate of drug-likeness (QED) is 0.701. The normalized spacial score (nSPS) is 20.0. The summed E-state index contributed by atoms with van der Waals surface area (Å²) in [5.41, 5.74) is 5.07. The molecular weight excluding hydrogens is 158 g/mol. The molecule has 1 amide bonds. The summed E-state index contributed by atoms with van der Waals surface area (Å²) in [4.78, 5) is 10.5. The van der Waals surface area contributed by atoms with E-state index < -0.39 is 0 Å². The fourth-order valence-electron chi connectivity index (χ4n) is 1.38. The number of amides is 1. The smallest absolute Gasteiger partial charge is 0.217 e. The van der Waals surface area contributed by atoms with Gasteiger partial charge in [0.2, 0.25) is 5.91 Å². The molecule has 0 aliphatic carbocycles. The number of hydrogen-bond donors (Lipinski definition) is 1. The molecule has 1 aliphatic heterocycles. The van der Waals surface area contributed by atoms with Gasteiger partial charge >= 0.3 is 0 Å². The Morgan fingerprint density at radius 2 is 2.09 bits per heavy atom. The molecule has 1 fully saturated rings. The molecule has 64 valence electrons. The highest BCUT2D eigenvalue weighted by atomic mass is 32.2. The van der Waals surface area contributed by atoms with Crippen molar-refractivity contribution in [2.24, 2.45) is 11.7 Å². The van der Waals surface area contributed by atoms with E-state index in [4.69, 9.17) is 5.73 Å². The first-order valence-electron chi connectivity index (χ1n) is 4.15. The minimum Gasteiger partial charge on any atom is -0.370 e. The Bertz CT molecular complexity index is 132. The van der Waals surface area contributed by atoms with E-state index in [2.05, 4.69) is 0 Å². The molecule has 0 aromatic carbocycles. The van der Waals surface area contributed by atoms with Gasteiger partial charge in [-0.3, -0.25) is 4.79 Å². The molecule has 3 heteroatoms. The van der Waals surface area contributed by atoms with Crippen LogP contribution in [-0.2, 0) is 4.79 Å². The molecule has 0 aromatic heterocycles. The van der Waals surface area contributed by atoms with Crippen LogP contribution in [0.5, 0.6) is 0 Å². The number of carbonyl (C=O) groups is 1. The zero-order valence-corrected chi connectivity index (χ0v) is 7.53. The summed E-state index contributed by atoms with van der Waals surface area (Å²) in [5, 5.41) is 0. The van der Waals surface area contributed by atoms with E-state index in [0.29, 0.717) is 6.42 Å². The Hall–Kier alpha value is -0.180. The number of thioether (sulfide) groups is 1. The van der Waals surface area contributed by atoms with Gasteiger partial charge in [0.25, 0.3) is 0 Å². The van der Waals surface area contributed by atoms with Gasteiger partial charge in [-0.2, -0.15) is 11.8 Å². The lowest BCUT2D eigenvalue weighted by Crippen LogP contribution is -2.15. The standard InChI is InChI=1S/C8H15NOS/c9-8(10)2-1-7-3-5-11-6-4-7/h7H,1-6H2,(H2,9,10). The van der Waals surface area contributed by atoms with Gasteiger partial charge < -0.3 is 5.73 Å². The van der Waals surface area contributed by atoms with Crippen LogP contribution in [0.15, 0.2) is 0 Å². The third-order valence-corrected chi connectivity index (χ3v) is 3.19. The maximum atomic E-state index is 10.5. The van der Waals surface area contributed by atoms with Gasteiger partial charge in [0.15, 0.2) is 0 Å². The van der Waals surface area contributed by atoms with Crippen molar-refractivity contribution in [1.82, 2.24) is 0 Å². The van der Waals surface area contributed by atoms with Crippen molar-refractivity contribution in [3.8, 4) is 0 Å². The molecule has 2 N–H and O–H groups in total. The number of primary amides is 1. The topological polar surface area (TPSA) is 43.1 Å². The lowest BCUT2D eigenvalue weighted by Gasteiger charge is -2.20. The highest BCUT2D eigenvalue weighted by Gasteiger charge is 2.13. The molecule has 1 rings (SSSR count). The maximum Gasteiger partial charge on any atom is 0.217 e. The van der Waals surface area contributed by atoms with Gasteiger partial charge in [-0.05, 0) is 36.7 Å². The summed E-state index contributed by atoms with van der Waals surface area (Å²) in [6, 6.07) is 0. The van der Waals surface area contributed by atoms with Crippen LogP contribution in [0, 0.1) is 5.92 Å². The Kier molecular flexibility index (Phi) is 3.77. The summed E-state index contributed by atoms with van der Waals surface area (Å²) in [5.74, 6) is 3.15. The van der Waals surface area contributed by atoms with Crippen molar-refractivity contribution in [3.63, 3.8) is 0 Å². The van der Waals surface area contributed by atoms with E-state index in [-0.39, 0.29) is 5.91 Å². The fourth-order valence-corrected chi connectivity index (χ4v) is 2.59. The van der Waals surface area contributed by atoms with Crippen molar-refractivity contribution in [2.45, 2.75) is 25.7 Å². The number of carbonyl (C=O) groups excluding carboxylic acids is 1. The Morgan fingerprint density at radius 3 is 2.64 bits per heavy atom. The van der Waals surface area contributed by atoms with E-state index >= 15 is 0 Å². The van der Waals surface area contributed by atoms with Gasteiger partial charge in [0, 0.05) is 6.42 Å². The molecule has 0 unspecified atom stereocenters. The highest BCUT2D eigenvalue weighted by Crippen LogP contribution is 2.25. The van der Waals surface area contributed by atoms with Crippen molar-refractivity contribution >= 4 is 17.7 Å². The molecular formula is C8H15NOS. The van der Waals surface area contributed by atoms with E-state index in [1.54, 1.807) is 0 Å². The van der Waals surface area contributed by atoms with E-state index in [1.807, 2.05) is 11.8 Å². The molecule has 0 spiro atoms. The third-order valence-electron chi connectivity index (χ3n) is 2.14. The van der Waals surface area contributed by atoms with Gasteiger partial charge in [-0.15, -0.1) is 0 Å². The van der Waals surface area contributed by atoms with Crippen molar-refractivity contribution in [2.75, 3.05) is 11.5 Å². The average molecular weight is 173 g/mol. The molecule has 1 saturated heterocycles. The zero-order chi connectivity index (χ0) is 8.10. The van der Waals surface area contributed by atoms with Gasteiger partial charge in [0.05, 0.1) is 0 Å². The molecule has 0 radical (unpaired) electrons. The van der Waals surface area contributed by atoms with Crippen LogP contribution in [0.2, 0.25) is 0 Å². The van der Waals surface area contributed by atoms with E-state index in [0.717, 1.165) is 12.3 Å². The molecule has 1 aliphatic rings. The van der Waals surface area contributed by atoms with Crippen molar-refractivity contribution < 1.29 is 4.79 Å². The predicted octanol–water partition coefficient (Wildman–Crippen LogP) is 1.40. The maximum absolute atomic E-state index is 10.5. The second kappa shape index (κ2) is 4.65. The molecule has 0 bridgehead atoms. The Balaban J connectivity index is 2.09. The first kappa shape index (κ1) is 8.91. The predicted molar refractivity (Wildman–Crippen MR) is 48.5 cm³/mol. The monoisotopic (exact) mass is 173 g/mol. The number of nitrogens with two attached hydrogens (primary N) is 1. The third kappa shape index (κ3) is 3.65. The molecule has 11 heavy (non-hydrogen) atoms. The zero-order valence-electron chi connectivity index (χ0n) is 6.71. The molecule has 0 saturated carbocycles. The molecule has 1 heterocycles. The lowest BCUT2D eigenvalue weighted by atomic mass is 9.97. The van der Waals surface area contributed by atoms with Crippen LogP contribution >= 0.6 is 11.8 Å². The minimum absolute atomic E-state index is 0.150. The summed E-state index contributed by atoms with van der Waals surface area (Å²) in [7, 11) is 0.